The SMILES string of the molecule is CCc1ccc(CN(C)Cc2coc(C)n2)nc1. The first-order chi connectivity index (χ1) is 8.67. The second kappa shape index (κ2) is 5.78. The molecule has 0 aromatic carbocycles. The van der Waals surface area contributed by atoms with Crippen molar-refractivity contribution in [2.45, 2.75) is 33.4 Å². The van der Waals surface area contributed by atoms with Crippen molar-refractivity contribution < 1.29 is 4.42 Å². The summed E-state index contributed by atoms with van der Waals surface area (Å²) in [6.45, 7) is 5.58. The molecule has 0 fully saturated rings. The third kappa shape index (κ3) is 3.40. The molecule has 0 aliphatic carbocycles. The zero-order valence-corrected chi connectivity index (χ0v) is 11.2. The van der Waals surface area contributed by atoms with Crippen LogP contribution in [0.1, 0.15) is 29.8 Å². The van der Waals surface area contributed by atoms with Crippen molar-refractivity contribution in [1.82, 2.24) is 14.9 Å². The van der Waals surface area contributed by atoms with Crippen LogP contribution in [0.2, 0.25) is 0 Å². The molecule has 0 aliphatic heterocycles. The molecule has 2 aromatic rings. The molecule has 2 rings (SSSR count). The van der Waals surface area contributed by atoms with Gasteiger partial charge >= 0.3 is 0 Å². The number of hydrogen-bond donors (Lipinski definition) is 0. The molecule has 0 aliphatic rings. The summed E-state index contributed by atoms with van der Waals surface area (Å²) >= 11 is 0. The highest BCUT2D eigenvalue weighted by molar-refractivity contribution is 5.13. The van der Waals surface area contributed by atoms with Crippen LogP contribution in [-0.2, 0) is 19.5 Å². The van der Waals surface area contributed by atoms with Gasteiger partial charge in [0.15, 0.2) is 5.89 Å². The van der Waals surface area contributed by atoms with Gasteiger partial charge in [0.1, 0.15) is 6.26 Å². The Hall–Kier alpha value is -1.68. The molecular weight excluding hydrogens is 226 g/mol. The average Bonchev–Trinajstić information content (AvgIpc) is 2.75. The van der Waals surface area contributed by atoms with E-state index >= 15 is 0 Å². The second-order valence-corrected chi connectivity index (χ2v) is 4.54. The molecule has 0 bridgehead atoms. The second-order valence-electron chi connectivity index (χ2n) is 4.54. The minimum atomic E-state index is 0.712. The minimum absolute atomic E-state index is 0.712. The lowest BCUT2D eigenvalue weighted by Gasteiger charge is -2.14. The van der Waals surface area contributed by atoms with Crippen LogP contribution in [0, 0.1) is 6.92 Å². The smallest absolute Gasteiger partial charge is 0.191 e. The Morgan fingerprint density at radius 1 is 1.22 bits per heavy atom. The molecule has 0 saturated heterocycles. The summed E-state index contributed by atoms with van der Waals surface area (Å²) in [6.07, 6.45) is 4.68. The standard InChI is InChI=1S/C14H19N3O/c1-4-12-5-6-13(15-7-12)8-17(3)9-14-10-18-11(2)16-14/h5-7,10H,4,8-9H2,1-3H3. The molecule has 0 N–H and O–H groups in total. The highest BCUT2D eigenvalue weighted by Crippen LogP contribution is 2.07. The molecule has 2 aromatic heterocycles. The van der Waals surface area contributed by atoms with Crippen LogP contribution in [0.3, 0.4) is 0 Å². The van der Waals surface area contributed by atoms with Gasteiger partial charge in [0.05, 0.1) is 11.4 Å². The van der Waals surface area contributed by atoms with Crippen LogP contribution in [0.15, 0.2) is 29.0 Å². The first-order valence-corrected chi connectivity index (χ1v) is 6.20. The van der Waals surface area contributed by atoms with Crippen molar-refractivity contribution >= 4 is 0 Å². The number of oxazole rings is 1. The van der Waals surface area contributed by atoms with Crippen LogP contribution in [0.5, 0.6) is 0 Å². The van der Waals surface area contributed by atoms with Gasteiger partial charge in [-0.1, -0.05) is 13.0 Å². The largest absolute Gasteiger partial charge is 0.449 e. The summed E-state index contributed by atoms with van der Waals surface area (Å²) in [5, 5.41) is 0. The van der Waals surface area contributed by atoms with Crippen LogP contribution < -0.4 is 0 Å². The van der Waals surface area contributed by atoms with E-state index in [1.165, 1.54) is 5.56 Å². The van der Waals surface area contributed by atoms with Gasteiger partial charge in [0.2, 0.25) is 0 Å². The first-order valence-electron chi connectivity index (χ1n) is 6.20. The van der Waals surface area contributed by atoms with E-state index in [4.69, 9.17) is 4.42 Å². The third-order valence-electron chi connectivity index (χ3n) is 2.82. The van der Waals surface area contributed by atoms with Crippen LogP contribution in [-0.4, -0.2) is 21.9 Å². The zero-order valence-electron chi connectivity index (χ0n) is 11.2. The number of nitrogens with zero attached hydrogens (tertiary/aromatic N) is 3. The van der Waals surface area contributed by atoms with E-state index in [-0.39, 0.29) is 0 Å². The molecule has 4 heteroatoms. The zero-order chi connectivity index (χ0) is 13.0. The van der Waals surface area contributed by atoms with E-state index in [1.807, 2.05) is 13.1 Å². The lowest BCUT2D eigenvalue weighted by molar-refractivity contribution is 0.311. The molecule has 0 atom stereocenters. The highest BCUT2D eigenvalue weighted by Gasteiger charge is 2.06. The van der Waals surface area contributed by atoms with Gasteiger partial charge in [-0.05, 0) is 25.1 Å². The molecule has 18 heavy (non-hydrogen) atoms. The Kier molecular flexibility index (Phi) is 4.10. The Labute approximate surface area is 108 Å². The van der Waals surface area contributed by atoms with E-state index in [9.17, 15) is 0 Å². The number of pyridine rings is 1. The molecule has 0 unspecified atom stereocenters. The van der Waals surface area contributed by atoms with E-state index in [0.29, 0.717) is 5.89 Å². The van der Waals surface area contributed by atoms with Crippen LogP contribution >= 0.6 is 0 Å². The quantitative estimate of drug-likeness (QED) is 0.812. The maximum absolute atomic E-state index is 5.19. The summed E-state index contributed by atoms with van der Waals surface area (Å²) in [5.74, 6) is 0.712. The predicted octanol–water partition coefficient (Wildman–Crippen LogP) is 2.57. The van der Waals surface area contributed by atoms with Gasteiger partial charge in [0, 0.05) is 26.2 Å². The molecule has 96 valence electrons. The van der Waals surface area contributed by atoms with Gasteiger partial charge < -0.3 is 4.42 Å². The first kappa shape index (κ1) is 12.8. The molecular formula is C14H19N3O. The fourth-order valence-electron chi connectivity index (χ4n) is 1.85. The summed E-state index contributed by atoms with van der Waals surface area (Å²) < 4.78 is 5.19. The van der Waals surface area contributed by atoms with E-state index in [2.05, 4.69) is 41.0 Å². The van der Waals surface area contributed by atoms with Crippen molar-refractivity contribution in [3.8, 4) is 0 Å². The third-order valence-corrected chi connectivity index (χ3v) is 2.82. The summed E-state index contributed by atoms with van der Waals surface area (Å²) in [4.78, 5) is 10.9. The summed E-state index contributed by atoms with van der Waals surface area (Å²) in [7, 11) is 2.05. The van der Waals surface area contributed by atoms with E-state index in [0.717, 1.165) is 30.9 Å². The van der Waals surface area contributed by atoms with Gasteiger partial charge in [-0.3, -0.25) is 9.88 Å². The number of aromatic nitrogens is 2. The maximum atomic E-state index is 5.19. The highest BCUT2D eigenvalue weighted by atomic mass is 16.3. The predicted molar refractivity (Wildman–Crippen MR) is 70.0 cm³/mol. The minimum Gasteiger partial charge on any atom is -0.449 e. The summed E-state index contributed by atoms with van der Waals surface area (Å²) in [5.41, 5.74) is 3.31. The Morgan fingerprint density at radius 2 is 2.00 bits per heavy atom. The fraction of sp³-hybridized carbons (Fsp3) is 0.429. The Morgan fingerprint density at radius 3 is 2.56 bits per heavy atom. The topological polar surface area (TPSA) is 42.2 Å². The molecule has 0 spiro atoms. The van der Waals surface area contributed by atoms with Gasteiger partial charge in [-0.25, -0.2) is 4.98 Å². The maximum Gasteiger partial charge on any atom is 0.191 e. The molecule has 0 radical (unpaired) electrons. The normalized spacial score (nSPS) is 11.1. The van der Waals surface area contributed by atoms with E-state index < -0.39 is 0 Å². The number of aryl methyl sites for hydroxylation is 2. The van der Waals surface area contributed by atoms with Gasteiger partial charge in [-0.15, -0.1) is 0 Å². The number of rotatable bonds is 5. The van der Waals surface area contributed by atoms with Crippen molar-refractivity contribution in [1.29, 1.82) is 0 Å². The lowest BCUT2D eigenvalue weighted by atomic mass is 10.2. The van der Waals surface area contributed by atoms with E-state index in [1.54, 1.807) is 6.26 Å². The average molecular weight is 245 g/mol. The van der Waals surface area contributed by atoms with Gasteiger partial charge in [-0.2, -0.15) is 0 Å². The van der Waals surface area contributed by atoms with Crippen LogP contribution in [0.4, 0.5) is 0 Å². The van der Waals surface area contributed by atoms with Crippen molar-refractivity contribution in [2.75, 3.05) is 7.05 Å². The van der Waals surface area contributed by atoms with Crippen LogP contribution in [0.25, 0.3) is 0 Å². The molecule has 4 nitrogen and oxygen atoms in total. The monoisotopic (exact) mass is 245 g/mol. The van der Waals surface area contributed by atoms with Crippen molar-refractivity contribution in [2.24, 2.45) is 0 Å². The molecule has 0 amide bonds. The number of hydrogen-bond acceptors (Lipinski definition) is 4. The Bertz CT molecular complexity index is 490. The van der Waals surface area contributed by atoms with Crippen molar-refractivity contribution in [3.63, 3.8) is 0 Å². The summed E-state index contributed by atoms with van der Waals surface area (Å²) in [6, 6.07) is 4.22. The lowest BCUT2D eigenvalue weighted by Crippen LogP contribution is -2.18. The molecule has 2 heterocycles. The Balaban J connectivity index is 1.91. The fourth-order valence-corrected chi connectivity index (χ4v) is 1.85. The molecule has 0 saturated carbocycles. The van der Waals surface area contributed by atoms with Gasteiger partial charge in [0.25, 0.3) is 0 Å². The van der Waals surface area contributed by atoms with Crippen molar-refractivity contribution in [3.05, 3.63) is 47.4 Å².